The molecule has 128 valence electrons. The normalized spacial score (nSPS) is 14.6. The summed E-state index contributed by atoms with van der Waals surface area (Å²) in [6.45, 7) is 4.35. The minimum atomic E-state index is 0.524. The Kier molecular flexibility index (Phi) is 3.97. The molecule has 1 aromatic carbocycles. The molecule has 0 saturated heterocycles. The predicted octanol–water partition coefficient (Wildman–Crippen LogP) is 2.40. The Balaban J connectivity index is 1.52. The van der Waals surface area contributed by atoms with Gasteiger partial charge in [0.2, 0.25) is 0 Å². The molecular weight excluding hydrogens is 316 g/mol. The van der Waals surface area contributed by atoms with E-state index in [0.717, 1.165) is 31.1 Å². The molecule has 0 saturated carbocycles. The molecular formula is C18H20N6O. The van der Waals surface area contributed by atoms with Crippen LogP contribution in [0.2, 0.25) is 0 Å². The minimum absolute atomic E-state index is 0.524. The third kappa shape index (κ3) is 3.00. The van der Waals surface area contributed by atoms with Crippen LogP contribution in [0, 0.1) is 0 Å². The number of fused-ring (bicyclic) bond motifs is 1. The molecule has 0 spiro atoms. The number of nitrogens with zero attached hydrogens (tertiary/aromatic N) is 5. The Morgan fingerprint density at radius 2 is 2.08 bits per heavy atom. The fourth-order valence-electron chi connectivity index (χ4n) is 3.06. The molecule has 0 amide bonds. The summed E-state index contributed by atoms with van der Waals surface area (Å²) in [6, 6.07) is 10.1. The Labute approximate surface area is 145 Å². The zero-order valence-corrected chi connectivity index (χ0v) is 14.1. The fraction of sp³-hybridized carbons (Fsp3) is 0.278. The van der Waals surface area contributed by atoms with Crippen LogP contribution in [0.1, 0.15) is 18.9 Å². The summed E-state index contributed by atoms with van der Waals surface area (Å²) >= 11 is 0. The van der Waals surface area contributed by atoms with Crippen molar-refractivity contribution in [2.75, 3.05) is 30.3 Å². The molecule has 0 radical (unpaired) electrons. The molecule has 3 aromatic rings. The molecule has 7 heteroatoms. The van der Waals surface area contributed by atoms with Gasteiger partial charge >= 0.3 is 0 Å². The predicted molar refractivity (Wildman–Crippen MR) is 97.6 cm³/mol. The number of hydrogen-bond acceptors (Lipinski definition) is 6. The van der Waals surface area contributed by atoms with Crippen molar-refractivity contribution in [2.24, 2.45) is 0 Å². The van der Waals surface area contributed by atoms with Crippen molar-refractivity contribution >= 4 is 23.0 Å². The van der Waals surface area contributed by atoms with E-state index in [-0.39, 0.29) is 0 Å². The zero-order chi connectivity index (χ0) is 17.2. The molecule has 1 aliphatic rings. The van der Waals surface area contributed by atoms with Gasteiger partial charge in [0.15, 0.2) is 0 Å². The molecule has 0 aliphatic carbocycles. The van der Waals surface area contributed by atoms with E-state index in [9.17, 15) is 0 Å². The van der Waals surface area contributed by atoms with E-state index >= 15 is 0 Å². The van der Waals surface area contributed by atoms with Crippen LogP contribution in [0.4, 0.5) is 11.6 Å². The molecule has 1 aliphatic heterocycles. The number of hydrogen-bond donors (Lipinski definition) is 1. The zero-order valence-electron chi connectivity index (χ0n) is 14.1. The monoisotopic (exact) mass is 336 g/mol. The summed E-state index contributed by atoms with van der Waals surface area (Å²) in [5, 5.41) is 4.05. The van der Waals surface area contributed by atoms with Crippen molar-refractivity contribution in [1.29, 1.82) is 0 Å². The van der Waals surface area contributed by atoms with Crippen molar-refractivity contribution in [2.45, 2.75) is 13.3 Å². The number of ether oxygens (including phenoxy) is 1. The molecule has 3 heterocycles. The van der Waals surface area contributed by atoms with Crippen molar-refractivity contribution in [3.05, 3.63) is 48.3 Å². The Hall–Kier alpha value is -3.09. The summed E-state index contributed by atoms with van der Waals surface area (Å²) in [4.78, 5) is 10.9. The first-order valence-corrected chi connectivity index (χ1v) is 8.38. The van der Waals surface area contributed by atoms with E-state index in [2.05, 4.69) is 38.2 Å². The van der Waals surface area contributed by atoms with Gasteiger partial charge in [-0.25, -0.2) is 0 Å². The van der Waals surface area contributed by atoms with Gasteiger partial charge in [-0.05, 0) is 36.6 Å². The Morgan fingerprint density at radius 3 is 2.80 bits per heavy atom. The first-order chi connectivity index (χ1) is 12.2. The first-order valence-electron chi connectivity index (χ1n) is 8.38. The Bertz CT molecular complexity index is 915. The van der Waals surface area contributed by atoms with Gasteiger partial charge in [0.1, 0.15) is 23.7 Å². The van der Waals surface area contributed by atoms with E-state index in [1.807, 2.05) is 25.1 Å². The largest absolute Gasteiger partial charge is 0.494 e. The lowest BCUT2D eigenvalue weighted by atomic mass is 9.99. The van der Waals surface area contributed by atoms with Crippen LogP contribution in [-0.2, 0) is 0 Å². The summed E-state index contributed by atoms with van der Waals surface area (Å²) in [5.41, 5.74) is 8.61. The lowest BCUT2D eigenvalue weighted by Gasteiger charge is -2.27. The van der Waals surface area contributed by atoms with Gasteiger partial charge in [0, 0.05) is 19.2 Å². The molecule has 7 nitrogen and oxygen atoms in total. The van der Waals surface area contributed by atoms with E-state index < -0.39 is 0 Å². The number of anilines is 2. The third-order valence-corrected chi connectivity index (χ3v) is 4.34. The second kappa shape index (κ2) is 6.43. The topological polar surface area (TPSA) is 81.6 Å². The molecule has 0 unspecified atom stereocenters. The van der Waals surface area contributed by atoms with E-state index in [4.69, 9.17) is 10.5 Å². The van der Waals surface area contributed by atoms with Crippen molar-refractivity contribution in [3.63, 3.8) is 0 Å². The SMILES string of the molecule is CCOc1ccc(C2=CCN(c3cc(N)n4ncnc4n3)CC2)cc1. The number of rotatable bonds is 4. The van der Waals surface area contributed by atoms with Crippen molar-refractivity contribution < 1.29 is 4.74 Å². The van der Waals surface area contributed by atoms with E-state index in [0.29, 0.717) is 18.2 Å². The lowest BCUT2D eigenvalue weighted by Crippen LogP contribution is -2.29. The van der Waals surface area contributed by atoms with Gasteiger partial charge < -0.3 is 15.4 Å². The maximum absolute atomic E-state index is 6.03. The summed E-state index contributed by atoms with van der Waals surface area (Å²) in [7, 11) is 0. The molecule has 2 aromatic heterocycles. The second-order valence-electron chi connectivity index (χ2n) is 5.89. The van der Waals surface area contributed by atoms with Crippen molar-refractivity contribution in [1.82, 2.24) is 19.6 Å². The van der Waals surface area contributed by atoms with Crippen LogP contribution < -0.4 is 15.4 Å². The van der Waals surface area contributed by atoms with Gasteiger partial charge in [0.25, 0.3) is 5.78 Å². The van der Waals surface area contributed by atoms with Crippen molar-refractivity contribution in [3.8, 4) is 5.75 Å². The third-order valence-electron chi connectivity index (χ3n) is 4.34. The minimum Gasteiger partial charge on any atom is -0.494 e. The molecule has 0 atom stereocenters. The van der Waals surface area contributed by atoms with Gasteiger partial charge in [0.05, 0.1) is 6.61 Å². The molecule has 4 rings (SSSR count). The van der Waals surface area contributed by atoms with Crippen LogP contribution in [0.3, 0.4) is 0 Å². The lowest BCUT2D eigenvalue weighted by molar-refractivity contribution is 0.340. The number of aromatic nitrogens is 4. The summed E-state index contributed by atoms with van der Waals surface area (Å²) in [6.07, 6.45) is 4.65. The Morgan fingerprint density at radius 1 is 1.24 bits per heavy atom. The highest BCUT2D eigenvalue weighted by Crippen LogP contribution is 2.27. The number of nitrogens with two attached hydrogens (primary N) is 1. The quantitative estimate of drug-likeness (QED) is 0.788. The fourth-order valence-corrected chi connectivity index (χ4v) is 3.06. The first kappa shape index (κ1) is 15.4. The highest BCUT2D eigenvalue weighted by molar-refractivity contribution is 5.69. The van der Waals surface area contributed by atoms with Crippen LogP contribution >= 0.6 is 0 Å². The number of benzene rings is 1. The average Bonchev–Trinajstić information content (AvgIpc) is 3.12. The standard InChI is InChI=1S/C18H20N6O/c1-2-25-15-5-3-13(4-6-15)14-7-9-23(10-8-14)17-11-16(19)24-18(22-17)20-12-21-24/h3-7,11-12H,2,8-10,19H2,1H3. The number of nitrogen functional groups attached to an aromatic ring is 1. The maximum atomic E-state index is 6.03. The van der Waals surface area contributed by atoms with Gasteiger partial charge in [-0.3, -0.25) is 0 Å². The maximum Gasteiger partial charge on any atom is 0.256 e. The summed E-state index contributed by atoms with van der Waals surface area (Å²) < 4.78 is 7.04. The van der Waals surface area contributed by atoms with Crippen LogP contribution in [0.15, 0.2) is 42.7 Å². The highest BCUT2D eigenvalue weighted by Gasteiger charge is 2.16. The van der Waals surface area contributed by atoms with Gasteiger partial charge in [-0.15, -0.1) is 0 Å². The van der Waals surface area contributed by atoms with Crippen LogP contribution in [0.5, 0.6) is 5.75 Å². The summed E-state index contributed by atoms with van der Waals surface area (Å²) in [5.74, 6) is 2.81. The smallest absolute Gasteiger partial charge is 0.256 e. The van der Waals surface area contributed by atoms with Crippen LogP contribution in [0.25, 0.3) is 11.4 Å². The van der Waals surface area contributed by atoms with Gasteiger partial charge in [-0.1, -0.05) is 18.2 Å². The highest BCUT2D eigenvalue weighted by atomic mass is 16.5. The molecule has 0 bridgehead atoms. The molecule has 2 N–H and O–H groups in total. The van der Waals surface area contributed by atoms with Crippen LogP contribution in [-0.4, -0.2) is 39.3 Å². The van der Waals surface area contributed by atoms with E-state index in [1.165, 1.54) is 22.0 Å². The molecule has 25 heavy (non-hydrogen) atoms. The second-order valence-corrected chi connectivity index (χ2v) is 5.89. The average molecular weight is 336 g/mol. The molecule has 0 fully saturated rings. The van der Waals surface area contributed by atoms with E-state index in [1.54, 1.807) is 0 Å². The van der Waals surface area contributed by atoms with Gasteiger partial charge in [-0.2, -0.15) is 19.6 Å².